The van der Waals surface area contributed by atoms with Crippen LogP contribution in [0, 0.1) is 10.1 Å². The molecule has 118 valence electrons. The van der Waals surface area contributed by atoms with E-state index < -0.39 is 10.5 Å². The van der Waals surface area contributed by atoms with Crippen LogP contribution in [0.2, 0.25) is 0 Å². The SMILES string of the molecule is CCCOc1cc(N(CC)CC(C)(C)O)cc([N+](=O)[O-])c1. The van der Waals surface area contributed by atoms with Gasteiger partial charge in [0.05, 0.1) is 23.2 Å². The van der Waals surface area contributed by atoms with Gasteiger partial charge in [0.2, 0.25) is 0 Å². The number of nitro benzene ring substituents is 1. The van der Waals surface area contributed by atoms with Gasteiger partial charge in [-0.25, -0.2) is 0 Å². The van der Waals surface area contributed by atoms with Crippen molar-refractivity contribution < 1.29 is 14.8 Å². The van der Waals surface area contributed by atoms with Crippen LogP contribution in [0.5, 0.6) is 5.75 Å². The van der Waals surface area contributed by atoms with Crippen molar-refractivity contribution in [3.8, 4) is 5.75 Å². The minimum atomic E-state index is -0.884. The molecule has 1 aromatic rings. The van der Waals surface area contributed by atoms with E-state index in [1.165, 1.54) is 12.1 Å². The lowest BCUT2D eigenvalue weighted by Crippen LogP contribution is -2.38. The molecule has 6 nitrogen and oxygen atoms in total. The van der Waals surface area contributed by atoms with E-state index in [0.717, 1.165) is 6.42 Å². The van der Waals surface area contributed by atoms with Gasteiger partial charge in [-0.05, 0) is 27.2 Å². The molecule has 0 atom stereocenters. The average Bonchev–Trinajstić information content (AvgIpc) is 2.41. The molecule has 6 heteroatoms. The van der Waals surface area contributed by atoms with Crippen LogP contribution in [-0.4, -0.2) is 35.3 Å². The highest BCUT2D eigenvalue weighted by Crippen LogP contribution is 2.29. The number of hydrogen-bond donors (Lipinski definition) is 1. The number of ether oxygens (including phenoxy) is 1. The minimum Gasteiger partial charge on any atom is -0.493 e. The van der Waals surface area contributed by atoms with Crippen LogP contribution in [0.15, 0.2) is 18.2 Å². The molecule has 21 heavy (non-hydrogen) atoms. The molecular formula is C15H24N2O4. The Morgan fingerprint density at radius 3 is 2.48 bits per heavy atom. The lowest BCUT2D eigenvalue weighted by Gasteiger charge is -2.30. The van der Waals surface area contributed by atoms with E-state index in [9.17, 15) is 15.2 Å². The molecule has 0 spiro atoms. The first kappa shape index (κ1) is 17.2. The Labute approximate surface area is 125 Å². The molecule has 0 aliphatic rings. The third-order valence-electron chi connectivity index (χ3n) is 2.88. The van der Waals surface area contributed by atoms with Crippen LogP contribution < -0.4 is 9.64 Å². The third-order valence-corrected chi connectivity index (χ3v) is 2.88. The van der Waals surface area contributed by atoms with Gasteiger partial charge >= 0.3 is 0 Å². The summed E-state index contributed by atoms with van der Waals surface area (Å²) in [5, 5.41) is 21.0. The van der Waals surface area contributed by atoms with Gasteiger partial charge in [-0.1, -0.05) is 6.92 Å². The number of nitrogens with zero attached hydrogens (tertiary/aromatic N) is 2. The van der Waals surface area contributed by atoms with Gasteiger partial charge in [0.25, 0.3) is 5.69 Å². The Hall–Kier alpha value is -1.82. The fourth-order valence-electron chi connectivity index (χ4n) is 2.01. The number of hydrogen-bond acceptors (Lipinski definition) is 5. The van der Waals surface area contributed by atoms with Crippen molar-refractivity contribution >= 4 is 11.4 Å². The van der Waals surface area contributed by atoms with Crippen molar-refractivity contribution in [2.75, 3.05) is 24.6 Å². The van der Waals surface area contributed by atoms with Gasteiger partial charge in [0, 0.05) is 30.9 Å². The summed E-state index contributed by atoms with van der Waals surface area (Å²) in [5.74, 6) is 0.482. The predicted octanol–water partition coefficient (Wildman–Crippen LogP) is 2.98. The molecular weight excluding hydrogens is 272 g/mol. The number of anilines is 1. The standard InChI is InChI=1S/C15H24N2O4/c1-5-7-21-14-9-12(8-13(10-14)17(19)20)16(6-2)11-15(3,4)18/h8-10,18H,5-7,11H2,1-4H3. The largest absolute Gasteiger partial charge is 0.493 e. The van der Waals surface area contributed by atoms with E-state index >= 15 is 0 Å². The van der Waals surface area contributed by atoms with E-state index in [1.807, 2.05) is 18.7 Å². The summed E-state index contributed by atoms with van der Waals surface area (Å²) in [6.45, 7) is 8.87. The molecule has 0 saturated heterocycles. The van der Waals surface area contributed by atoms with Gasteiger partial charge in [0.15, 0.2) is 0 Å². The molecule has 0 bridgehead atoms. The predicted molar refractivity (Wildman–Crippen MR) is 83.1 cm³/mol. The molecule has 0 unspecified atom stereocenters. The van der Waals surface area contributed by atoms with Gasteiger partial charge < -0.3 is 14.7 Å². The van der Waals surface area contributed by atoms with Crippen molar-refractivity contribution in [3.05, 3.63) is 28.3 Å². The van der Waals surface area contributed by atoms with Crippen molar-refractivity contribution in [1.29, 1.82) is 0 Å². The Balaban J connectivity index is 3.13. The number of benzene rings is 1. The molecule has 0 aliphatic heterocycles. The topological polar surface area (TPSA) is 75.8 Å². The number of non-ortho nitro benzene ring substituents is 1. The van der Waals surface area contributed by atoms with E-state index in [0.29, 0.717) is 31.1 Å². The zero-order chi connectivity index (χ0) is 16.0. The fourth-order valence-corrected chi connectivity index (χ4v) is 2.01. The summed E-state index contributed by atoms with van der Waals surface area (Å²) in [4.78, 5) is 12.5. The second kappa shape index (κ2) is 7.26. The molecule has 0 radical (unpaired) electrons. The Morgan fingerprint density at radius 1 is 1.33 bits per heavy atom. The van der Waals surface area contributed by atoms with Crippen LogP contribution in [0.25, 0.3) is 0 Å². The number of aliphatic hydroxyl groups is 1. The lowest BCUT2D eigenvalue weighted by molar-refractivity contribution is -0.384. The lowest BCUT2D eigenvalue weighted by atomic mass is 10.1. The van der Waals surface area contributed by atoms with Gasteiger partial charge in [-0.15, -0.1) is 0 Å². The molecule has 0 saturated carbocycles. The first-order valence-corrected chi connectivity index (χ1v) is 7.16. The molecule has 1 rings (SSSR count). The molecule has 0 aliphatic carbocycles. The Bertz CT molecular complexity index is 483. The summed E-state index contributed by atoms with van der Waals surface area (Å²) in [6.07, 6.45) is 0.833. The van der Waals surface area contributed by atoms with Gasteiger partial charge in [0.1, 0.15) is 5.75 Å². The van der Waals surface area contributed by atoms with Crippen LogP contribution in [0.4, 0.5) is 11.4 Å². The summed E-state index contributed by atoms with van der Waals surface area (Å²) in [7, 11) is 0. The van der Waals surface area contributed by atoms with Crippen LogP contribution in [-0.2, 0) is 0 Å². The quantitative estimate of drug-likeness (QED) is 0.589. The fraction of sp³-hybridized carbons (Fsp3) is 0.600. The zero-order valence-electron chi connectivity index (χ0n) is 13.1. The van der Waals surface area contributed by atoms with E-state index in [2.05, 4.69) is 0 Å². The second-order valence-electron chi connectivity index (χ2n) is 5.62. The second-order valence-corrected chi connectivity index (χ2v) is 5.62. The summed E-state index contributed by atoms with van der Waals surface area (Å²) in [5.41, 5.74) is -0.210. The van der Waals surface area contributed by atoms with Crippen molar-refractivity contribution in [2.45, 2.75) is 39.7 Å². The van der Waals surface area contributed by atoms with Gasteiger partial charge in [-0.3, -0.25) is 10.1 Å². The van der Waals surface area contributed by atoms with Gasteiger partial charge in [-0.2, -0.15) is 0 Å². The van der Waals surface area contributed by atoms with Crippen LogP contribution in [0.1, 0.15) is 34.1 Å². The summed E-state index contributed by atoms with van der Waals surface area (Å²) in [6, 6.07) is 4.71. The third kappa shape index (κ3) is 5.59. The Kier molecular flexibility index (Phi) is 5.96. The molecule has 1 N–H and O–H groups in total. The highest BCUT2D eigenvalue weighted by atomic mass is 16.6. The first-order chi connectivity index (χ1) is 9.76. The molecule has 0 heterocycles. The maximum absolute atomic E-state index is 11.1. The van der Waals surface area contributed by atoms with E-state index in [4.69, 9.17) is 4.74 Å². The normalized spacial score (nSPS) is 11.3. The van der Waals surface area contributed by atoms with Crippen molar-refractivity contribution in [1.82, 2.24) is 0 Å². The number of nitro groups is 1. The molecule has 0 aromatic heterocycles. The number of likely N-dealkylation sites (N-methyl/N-ethyl adjacent to an activating group) is 1. The number of rotatable bonds is 8. The molecule has 0 amide bonds. The van der Waals surface area contributed by atoms with E-state index in [-0.39, 0.29) is 5.69 Å². The van der Waals surface area contributed by atoms with Crippen molar-refractivity contribution in [2.24, 2.45) is 0 Å². The smallest absolute Gasteiger partial charge is 0.275 e. The van der Waals surface area contributed by atoms with Crippen LogP contribution in [0.3, 0.4) is 0 Å². The monoisotopic (exact) mass is 296 g/mol. The Morgan fingerprint density at radius 2 is 2.00 bits per heavy atom. The summed E-state index contributed by atoms with van der Waals surface area (Å²) >= 11 is 0. The summed E-state index contributed by atoms with van der Waals surface area (Å²) < 4.78 is 5.52. The minimum absolute atomic E-state index is 0.00667. The zero-order valence-corrected chi connectivity index (χ0v) is 13.1. The molecule has 1 aromatic carbocycles. The van der Waals surface area contributed by atoms with E-state index in [1.54, 1.807) is 19.9 Å². The highest BCUT2D eigenvalue weighted by Gasteiger charge is 2.20. The average molecular weight is 296 g/mol. The maximum atomic E-state index is 11.1. The highest BCUT2D eigenvalue weighted by molar-refractivity contribution is 5.58. The maximum Gasteiger partial charge on any atom is 0.275 e. The van der Waals surface area contributed by atoms with Crippen molar-refractivity contribution in [3.63, 3.8) is 0 Å². The molecule has 0 fully saturated rings. The van der Waals surface area contributed by atoms with Crippen LogP contribution >= 0.6 is 0 Å². The first-order valence-electron chi connectivity index (χ1n) is 7.16.